The lowest BCUT2D eigenvalue weighted by molar-refractivity contribution is 0.282. The predicted octanol–water partition coefficient (Wildman–Crippen LogP) is 6.73. The summed E-state index contributed by atoms with van der Waals surface area (Å²) in [6, 6.07) is 15.7. The molecule has 0 saturated carbocycles. The van der Waals surface area contributed by atoms with E-state index in [-0.39, 0.29) is 5.82 Å². The van der Waals surface area contributed by atoms with E-state index in [1.807, 2.05) is 37.3 Å². The Morgan fingerprint density at radius 2 is 1.89 bits per heavy atom. The average molecular weight is 510 g/mol. The lowest BCUT2D eigenvalue weighted by Gasteiger charge is -2.13. The maximum Gasteiger partial charge on any atom is 0.174 e. The zero-order valence-electron chi connectivity index (χ0n) is 15.4. The molecule has 0 bridgehead atoms. The first-order valence-corrected chi connectivity index (χ1v) is 9.97. The van der Waals surface area contributed by atoms with Crippen molar-refractivity contribution in [2.45, 2.75) is 13.5 Å². The van der Waals surface area contributed by atoms with Gasteiger partial charge in [0.1, 0.15) is 12.4 Å². The first kappa shape index (κ1) is 20.6. The Balaban J connectivity index is 1.81. The van der Waals surface area contributed by atoms with Crippen LogP contribution in [-0.4, -0.2) is 13.3 Å². The zero-order chi connectivity index (χ0) is 20.1. The van der Waals surface area contributed by atoms with Crippen molar-refractivity contribution in [1.82, 2.24) is 0 Å². The molecule has 6 heteroatoms. The SMILES string of the molecule is COc1cc(C=Nc2cccc(Cl)c2C)cc(I)c1OCc1ccc(F)cc1. The van der Waals surface area contributed by atoms with E-state index < -0.39 is 0 Å². The van der Waals surface area contributed by atoms with E-state index in [0.717, 1.165) is 25.9 Å². The number of benzene rings is 3. The topological polar surface area (TPSA) is 30.8 Å². The molecule has 0 amide bonds. The Hall–Kier alpha value is -2.12. The van der Waals surface area contributed by atoms with Crippen LogP contribution in [0.1, 0.15) is 16.7 Å². The van der Waals surface area contributed by atoms with Gasteiger partial charge in [-0.2, -0.15) is 0 Å². The lowest BCUT2D eigenvalue weighted by Crippen LogP contribution is -2.01. The Bertz CT molecular complexity index is 1010. The number of aliphatic imine (C=N–C) groups is 1. The maximum absolute atomic E-state index is 13.0. The van der Waals surface area contributed by atoms with Crippen LogP contribution in [0.2, 0.25) is 5.02 Å². The van der Waals surface area contributed by atoms with Gasteiger partial charge < -0.3 is 9.47 Å². The summed E-state index contributed by atoms with van der Waals surface area (Å²) in [4.78, 5) is 4.54. The normalized spacial score (nSPS) is 11.0. The van der Waals surface area contributed by atoms with Gasteiger partial charge in [-0.25, -0.2) is 4.39 Å². The first-order chi connectivity index (χ1) is 13.5. The molecule has 28 heavy (non-hydrogen) atoms. The van der Waals surface area contributed by atoms with Crippen molar-refractivity contribution in [3.8, 4) is 11.5 Å². The Morgan fingerprint density at radius 1 is 1.14 bits per heavy atom. The Labute approximate surface area is 182 Å². The van der Waals surface area contributed by atoms with Gasteiger partial charge >= 0.3 is 0 Å². The third-order valence-corrected chi connectivity index (χ3v) is 5.35. The molecule has 0 unspecified atom stereocenters. The highest BCUT2D eigenvalue weighted by atomic mass is 127. The van der Waals surface area contributed by atoms with E-state index in [1.165, 1.54) is 12.1 Å². The quantitative estimate of drug-likeness (QED) is 0.272. The number of halogens is 3. The number of hydrogen-bond donors (Lipinski definition) is 0. The molecule has 0 fully saturated rings. The van der Waals surface area contributed by atoms with Crippen molar-refractivity contribution in [3.05, 3.63) is 85.7 Å². The second-order valence-corrected chi connectivity index (χ2v) is 7.66. The van der Waals surface area contributed by atoms with E-state index in [9.17, 15) is 4.39 Å². The van der Waals surface area contributed by atoms with Gasteiger partial charge in [0.2, 0.25) is 0 Å². The minimum absolute atomic E-state index is 0.269. The number of nitrogens with zero attached hydrogens (tertiary/aromatic N) is 1. The fourth-order valence-corrected chi connectivity index (χ4v) is 3.52. The van der Waals surface area contributed by atoms with Crippen molar-refractivity contribution in [3.63, 3.8) is 0 Å². The summed E-state index contributed by atoms with van der Waals surface area (Å²) in [5, 5.41) is 0.686. The van der Waals surface area contributed by atoms with Crippen LogP contribution < -0.4 is 9.47 Å². The number of hydrogen-bond acceptors (Lipinski definition) is 3. The van der Waals surface area contributed by atoms with Crippen LogP contribution in [0, 0.1) is 16.3 Å². The Morgan fingerprint density at radius 3 is 2.61 bits per heavy atom. The van der Waals surface area contributed by atoms with Crippen LogP contribution in [0.25, 0.3) is 0 Å². The molecule has 3 aromatic carbocycles. The van der Waals surface area contributed by atoms with Crippen molar-refractivity contribution in [2.75, 3.05) is 7.11 Å². The summed E-state index contributed by atoms with van der Waals surface area (Å²) in [7, 11) is 1.60. The highest BCUT2D eigenvalue weighted by Gasteiger charge is 2.12. The van der Waals surface area contributed by atoms with Gasteiger partial charge in [0, 0.05) is 11.2 Å². The molecule has 3 rings (SSSR count). The van der Waals surface area contributed by atoms with E-state index in [4.69, 9.17) is 21.1 Å². The van der Waals surface area contributed by atoms with Crippen LogP contribution in [0.15, 0.2) is 59.6 Å². The molecule has 0 radical (unpaired) electrons. The molecule has 0 aliphatic heterocycles. The lowest BCUT2D eigenvalue weighted by atomic mass is 10.2. The van der Waals surface area contributed by atoms with Crippen molar-refractivity contribution < 1.29 is 13.9 Å². The number of rotatable bonds is 6. The van der Waals surface area contributed by atoms with Gasteiger partial charge in [-0.05, 0) is 82.6 Å². The molecular formula is C22H18ClFINO2. The van der Waals surface area contributed by atoms with E-state index in [0.29, 0.717) is 23.1 Å². The Kier molecular flexibility index (Phi) is 6.91. The predicted molar refractivity (Wildman–Crippen MR) is 120 cm³/mol. The molecule has 0 atom stereocenters. The van der Waals surface area contributed by atoms with Gasteiger partial charge in [-0.15, -0.1) is 0 Å². The van der Waals surface area contributed by atoms with Crippen molar-refractivity contribution in [1.29, 1.82) is 0 Å². The van der Waals surface area contributed by atoms with E-state index >= 15 is 0 Å². The molecule has 0 aromatic heterocycles. The molecule has 0 aliphatic carbocycles. The summed E-state index contributed by atoms with van der Waals surface area (Å²) < 4.78 is 25.3. The smallest absolute Gasteiger partial charge is 0.174 e. The van der Waals surface area contributed by atoms with Gasteiger partial charge in [0.15, 0.2) is 11.5 Å². The minimum Gasteiger partial charge on any atom is -0.493 e. The van der Waals surface area contributed by atoms with Gasteiger partial charge in [0.25, 0.3) is 0 Å². The second-order valence-electron chi connectivity index (χ2n) is 6.09. The fraction of sp³-hybridized carbons (Fsp3) is 0.136. The molecular weight excluding hydrogens is 492 g/mol. The molecule has 3 aromatic rings. The zero-order valence-corrected chi connectivity index (χ0v) is 18.3. The van der Waals surface area contributed by atoms with Crippen LogP contribution in [0.3, 0.4) is 0 Å². The highest BCUT2D eigenvalue weighted by Crippen LogP contribution is 2.34. The molecule has 0 heterocycles. The third-order valence-electron chi connectivity index (χ3n) is 4.14. The van der Waals surface area contributed by atoms with E-state index in [1.54, 1.807) is 25.5 Å². The summed E-state index contributed by atoms with van der Waals surface area (Å²) in [6.45, 7) is 2.26. The maximum atomic E-state index is 13.0. The summed E-state index contributed by atoms with van der Waals surface area (Å²) >= 11 is 8.35. The molecule has 0 N–H and O–H groups in total. The van der Waals surface area contributed by atoms with Crippen LogP contribution in [-0.2, 0) is 6.61 Å². The first-order valence-electron chi connectivity index (χ1n) is 8.52. The fourth-order valence-electron chi connectivity index (χ4n) is 2.57. The molecule has 0 saturated heterocycles. The standard InChI is InChI=1S/C22H18ClFINO2/c1-14-18(23)4-3-5-20(14)26-12-16-10-19(25)22(21(11-16)27-2)28-13-15-6-8-17(24)9-7-15/h3-12H,13H2,1-2H3. The third kappa shape index (κ3) is 5.02. The number of methoxy groups -OCH3 is 1. The van der Waals surface area contributed by atoms with Gasteiger partial charge in [0.05, 0.1) is 16.4 Å². The summed E-state index contributed by atoms with van der Waals surface area (Å²) in [5.74, 6) is 0.983. The molecule has 0 aliphatic rings. The highest BCUT2D eigenvalue weighted by molar-refractivity contribution is 14.1. The van der Waals surface area contributed by atoms with E-state index in [2.05, 4.69) is 27.6 Å². The second kappa shape index (κ2) is 9.39. The van der Waals surface area contributed by atoms with Gasteiger partial charge in [-0.3, -0.25) is 4.99 Å². The van der Waals surface area contributed by atoms with Crippen LogP contribution in [0.4, 0.5) is 10.1 Å². The van der Waals surface area contributed by atoms with Crippen molar-refractivity contribution in [2.24, 2.45) is 4.99 Å². The largest absolute Gasteiger partial charge is 0.493 e. The van der Waals surface area contributed by atoms with Gasteiger partial charge in [-0.1, -0.05) is 29.8 Å². The monoisotopic (exact) mass is 509 g/mol. The summed E-state index contributed by atoms with van der Waals surface area (Å²) in [6.07, 6.45) is 1.77. The number of ether oxygens (including phenoxy) is 2. The van der Waals surface area contributed by atoms with Crippen LogP contribution >= 0.6 is 34.2 Å². The molecule has 3 nitrogen and oxygen atoms in total. The average Bonchev–Trinajstić information content (AvgIpc) is 2.69. The summed E-state index contributed by atoms with van der Waals surface area (Å²) in [5.41, 5.74) is 3.51. The van der Waals surface area contributed by atoms with Crippen molar-refractivity contribution >= 4 is 46.1 Å². The molecule has 0 spiro atoms. The molecule has 144 valence electrons. The van der Waals surface area contributed by atoms with Crippen LogP contribution in [0.5, 0.6) is 11.5 Å². The minimum atomic E-state index is -0.269.